The zero-order chi connectivity index (χ0) is 12.1. The summed E-state index contributed by atoms with van der Waals surface area (Å²) in [6.45, 7) is 1.64. The third-order valence-corrected chi connectivity index (χ3v) is 2.30. The first-order valence-corrected chi connectivity index (χ1v) is 5.45. The molecule has 0 bridgehead atoms. The van der Waals surface area contributed by atoms with Gasteiger partial charge in [0, 0.05) is 0 Å². The summed E-state index contributed by atoms with van der Waals surface area (Å²) in [5, 5.41) is 0. The third kappa shape index (κ3) is 4.86. The lowest BCUT2D eigenvalue weighted by Gasteiger charge is -2.09. The molecule has 9 heteroatoms. The van der Waals surface area contributed by atoms with E-state index >= 15 is 0 Å². The van der Waals surface area contributed by atoms with Gasteiger partial charge in [-0.3, -0.25) is 0 Å². The highest BCUT2D eigenvalue weighted by Gasteiger charge is 2.47. The number of alkyl halides is 3. The first-order valence-electron chi connectivity index (χ1n) is 3.96. The number of carbonyl (C=O) groups excluding carboxylic acids is 1. The van der Waals surface area contributed by atoms with E-state index in [9.17, 15) is 26.4 Å². The van der Waals surface area contributed by atoms with Crippen molar-refractivity contribution in [1.29, 1.82) is 0 Å². The molecule has 0 fully saturated rings. The van der Waals surface area contributed by atoms with Crippen LogP contribution in [0.4, 0.5) is 18.0 Å². The number of unbranched alkanes of at least 4 members (excludes halogenated alkanes) is 1. The van der Waals surface area contributed by atoms with E-state index in [0.717, 1.165) is 4.72 Å². The molecule has 0 rings (SSSR count). The minimum atomic E-state index is -5.66. The number of hydrogen-bond donors (Lipinski definition) is 1. The van der Waals surface area contributed by atoms with Crippen molar-refractivity contribution in [1.82, 2.24) is 4.72 Å². The number of nitrogens with one attached hydrogen (secondary N) is 1. The summed E-state index contributed by atoms with van der Waals surface area (Å²) >= 11 is 0. The van der Waals surface area contributed by atoms with E-state index in [1.807, 2.05) is 0 Å². The number of ether oxygens (including phenoxy) is 1. The largest absolute Gasteiger partial charge is 0.516 e. The Hall–Kier alpha value is -0.990. The number of amides is 1. The topological polar surface area (TPSA) is 72.5 Å². The summed E-state index contributed by atoms with van der Waals surface area (Å²) in [4.78, 5) is 10.6. The van der Waals surface area contributed by atoms with Crippen molar-refractivity contribution < 1.29 is 31.1 Å². The van der Waals surface area contributed by atoms with E-state index in [4.69, 9.17) is 0 Å². The van der Waals surface area contributed by atoms with E-state index < -0.39 is 21.6 Å². The Bertz CT molecular complexity index is 311. The molecular formula is C6H10F3NO4S. The van der Waals surface area contributed by atoms with Crippen LogP contribution in [0.5, 0.6) is 0 Å². The van der Waals surface area contributed by atoms with Gasteiger partial charge in [0.2, 0.25) is 0 Å². The second kappa shape index (κ2) is 5.19. The zero-order valence-corrected chi connectivity index (χ0v) is 8.61. The van der Waals surface area contributed by atoms with Crippen molar-refractivity contribution in [2.24, 2.45) is 0 Å². The Kier molecular flexibility index (Phi) is 4.85. The van der Waals surface area contributed by atoms with Gasteiger partial charge >= 0.3 is 21.6 Å². The van der Waals surface area contributed by atoms with Crippen LogP contribution < -0.4 is 4.72 Å². The van der Waals surface area contributed by atoms with Gasteiger partial charge in [0.05, 0.1) is 6.61 Å². The standard InChI is InChI=1S/C6H10F3NO4S/c1-2-3-4-14-5(11)10-15(12,13)6(7,8)9/h2-4H2,1H3,(H,10,11). The minimum Gasteiger partial charge on any atom is -0.449 e. The van der Waals surface area contributed by atoms with Gasteiger partial charge in [-0.25, -0.2) is 9.52 Å². The van der Waals surface area contributed by atoms with Crippen LogP contribution in [0.3, 0.4) is 0 Å². The molecule has 15 heavy (non-hydrogen) atoms. The van der Waals surface area contributed by atoms with E-state index in [1.54, 1.807) is 6.92 Å². The monoisotopic (exact) mass is 249 g/mol. The first-order chi connectivity index (χ1) is 6.70. The number of halogens is 3. The summed E-state index contributed by atoms with van der Waals surface area (Å²) < 4.78 is 60.8. The van der Waals surface area contributed by atoms with Gasteiger partial charge in [-0.1, -0.05) is 13.3 Å². The smallest absolute Gasteiger partial charge is 0.449 e. The van der Waals surface area contributed by atoms with Gasteiger partial charge < -0.3 is 4.74 Å². The van der Waals surface area contributed by atoms with Gasteiger partial charge in [0.1, 0.15) is 0 Å². The van der Waals surface area contributed by atoms with Gasteiger partial charge in [0.25, 0.3) is 0 Å². The first kappa shape index (κ1) is 14.0. The molecule has 0 radical (unpaired) electrons. The Balaban J connectivity index is 4.19. The fourth-order valence-corrected chi connectivity index (χ4v) is 0.900. The lowest BCUT2D eigenvalue weighted by molar-refractivity contribution is -0.0447. The quantitative estimate of drug-likeness (QED) is 0.763. The summed E-state index contributed by atoms with van der Waals surface area (Å²) in [7, 11) is -5.66. The summed E-state index contributed by atoms with van der Waals surface area (Å²) in [5.41, 5.74) is -5.52. The molecule has 0 aliphatic carbocycles. The molecule has 90 valence electrons. The van der Waals surface area contributed by atoms with Crippen molar-refractivity contribution in [3.05, 3.63) is 0 Å². The SMILES string of the molecule is CCCCOC(=O)NS(=O)(=O)C(F)(F)F. The fraction of sp³-hybridized carbons (Fsp3) is 0.833. The molecule has 0 atom stereocenters. The normalized spacial score (nSPS) is 12.3. The van der Waals surface area contributed by atoms with Crippen molar-refractivity contribution in [2.45, 2.75) is 25.3 Å². The van der Waals surface area contributed by atoms with Crippen LogP contribution in [0, 0.1) is 0 Å². The van der Waals surface area contributed by atoms with Crippen LogP contribution in [-0.2, 0) is 14.8 Å². The van der Waals surface area contributed by atoms with Gasteiger partial charge in [-0.2, -0.15) is 21.6 Å². The van der Waals surface area contributed by atoms with E-state index in [1.165, 1.54) is 0 Å². The predicted octanol–water partition coefficient (Wildman–Crippen LogP) is 1.36. The number of rotatable bonds is 4. The number of hydrogen-bond acceptors (Lipinski definition) is 4. The van der Waals surface area contributed by atoms with Gasteiger partial charge in [-0.15, -0.1) is 0 Å². The van der Waals surface area contributed by atoms with E-state index in [0.29, 0.717) is 12.8 Å². The molecule has 0 saturated heterocycles. The molecule has 5 nitrogen and oxygen atoms in total. The van der Waals surface area contributed by atoms with Crippen LogP contribution in [-0.4, -0.2) is 26.6 Å². The lowest BCUT2D eigenvalue weighted by atomic mass is 10.4. The highest BCUT2D eigenvalue weighted by atomic mass is 32.2. The molecule has 0 unspecified atom stereocenters. The minimum absolute atomic E-state index is 0.129. The third-order valence-electron chi connectivity index (χ3n) is 1.25. The average Bonchev–Trinajstić information content (AvgIpc) is 2.01. The molecule has 0 aromatic rings. The predicted molar refractivity (Wildman–Crippen MR) is 44.4 cm³/mol. The van der Waals surface area contributed by atoms with Crippen molar-refractivity contribution >= 4 is 16.1 Å². The molecule has 0 aromatic carbocycles. The summed E-state index contributed by atoms with van der Waals surface area (Å²) in [6, 6.07) is 0. The maximum Gasteiger partial charge on any atom is 0.516 e. The lowest BCUT2D eigenvalue weighted by Crippen LogP contribution is -2.40. The second-order valence-electron chi connectivity index (χ2n) is 2.54. The van der Waals surface area contributed by atoms with E-state index in [-0.39, 0.29) is 6.61 Å². The average molecular weight is 249 g/mol. The molecule has 0 heterocycles. The van der Waals surface area contributed by atoms with Crippen LogP contribution in [0.1, 0.15) is 19.8 Å². The van der Waals surface area contributed by atoms with Crippen molar-refractivity contribution in [3.8, 4) is 0 Å². The molecule has 0 saturated carbocycles. The molecule has 0 aromatic heterocycles. The fourth-order valence-electron chi connectivity index (χ4n) is 0.506. The second-order valence-corrected chi connectivity index (χ2v) is 4.21. The summed E-state index contributed by atoms with van der Waals surface area (Å²) in [5.74, 6) is 0. The molecule has 1 amide bonds. The van der Waals surface area contributed by atoms with Crippen molar-refractivity contribution in [3.63, 3.8) is 0 Å². The molecular weight excluding hydrogens is 239 g/mol. The van der Waals surface area contributed by atoms with Crippen LogP contribution in [0.2, 0.25) is 0 Å². The Morgan fingerprint density at radius 2 is 1.93 bits per heavy atom. The van der Waals surface area contributed by atoms with Crippen LogP contribution in [0.15, 0.2) is 0 Å². The maximum absolute atomic E-state index is 11.7. The Morgan fingerprint density at radius 1 is 1.40 bits per heavy atom. The summed E-state index contributed by atoms with van der Waals surface area (Å²) in [6.07, 6.45) is -0.514. The molecule has 0 aliphatic rings. The zero-order valence-electron chi connectivity index (χ0n) is 7.80. The molecule has 0 aliphatic heterocycles. The number of carbonyl (C=O) groups is 1. The number of sulfonamides is 1. The maximum atomic E-state index is 11.7. The van der Waals surface area contributed by atoms with Crippen LogP contribution in [0.25, 0.3) is 0 Å². The van der Waals surface area contributed by atoms with E-state index in [2.05, 4.69) is 4.74 Å². The van der Waals surface area contributed by atoms with Crippen molar-refractivity contribution in [2.75, 3.05) is 6.61 Å². The Morgan fingerprint density at radius 3 is 2.33 bits per heavy atom. The van der Waals surface area contributed by atoms with Crippen LogP contribution >= 0.6 is 0 Å². The highest BCUT2D eigenvalue weighted by molar-refractivity contribution is 7.90. The molecule has 1 N–H and O–H groups in total. The molecule has 0 spiro atoms. The highest BCUT2D eigenvalue weighted by Crippen LogP contribution is 2.21. The van der Waals surface area contributed by atoms with Gasteiger partial charge in [-0.05, 0) is 6.42 Å². The Labute approximate surface area is 84.6 Å². The van der Waals surface area contributed by atoms with Gasteiger partial charge in [0.15, 0.2) is 0 Å².